The summed E-state index contributed by atoms with van der Waals surface area (Å²) in [7, 11) is 0. The van der Waals surface area contributed by atoms with E-state index >= 15 is 0 Å². The number of fused-ring (bicyclic) bond motifs is 1. The van der Waals surface area contributed by atoms with Gasteiger partial charge < -0.3 is 24.4 Å². The molecule has 1 saturated heterocycles. The van der Waals surface area contributed by atoms with E-state index in [0.29, 0.717) is 5.57 Å². The third-order valence-electron chi connectivity index (χ3n) is 2.57. The van der Waals surface area contributed by atoms with Gasteiger partial charge in [-0.3, -0.25) is 0 Å². The molecule has 1 fully saturated rings. The third-order valence-corrected chi connectivity index (χ3v) is 3.59. The van der Waals surface area contributed by atoms with Gasteiger partial charge in [0.1, 0.15) is 19.0 Å². The summed E-state index contributed by atoms with van der Waals surface area (Å²) in [4.78, 5) is -0.295. The van der Waals surface area contributed by atoms with Gasteiger partial charge >= 0.3 is 0 Å². The van der Waals surface area contributed by atoms with E-state index < -0.39 is 6.10 Å². The predicted molar refractivity (Wildman–Crippen MR) is 54.5 cm³/mol. The lowest BCUT2D eigenvalue weighted by Gasteiger charge is -2.34. The number of aliphatic hydroxyl groups excluding tert-OH is 2. The maximum atomic E-state index is 9.82. The zero-order valence-corrected chi connectivity index (χ0v) is 9.59. The van der Waals surface area contributed by atoms with Crippen LogP contribution < -0.4 is 0 Å². The zero-order chi connectivity index (χ0) is 10.8. The fourth-order valence-electron chi connectivity index (χ4n) is 1.73. The van der Waals surface area contributed by atoms with Crippen molar-refractivity contribution in [2.24, 2.45) is 0 Å². The van der Waals surface area contributed by atoms with Crippen molar-refractivity contribution < 1.29 is 24.4 Å². The summed E-state index contributed by atoms with van der Waals surface area (Å²) in [5.41, 5.74) is 0.545. The molecule has 0 unspecified atom stereocenters. The minimum Gasteiger partial charge on any atom is -0.392 e. The molecular weight excluding hydrogens is 268 g/mol. The van der Waals surface area contributed by atoms with Crippen LogP contribution in [0.1, 0.15) is 0 Å². The van der Waals surface area contributed by atoms with E-state index in [9.17, 15) is 5.11 Å². The Morgan fingerprint density at radius 1 is 1.40 bits per heavy atom. The van der Waals surface area contributed by atoms with Crippen LogP contribution in [0.15, 0.2) is 11.6 Å². The van der Waals surface area contributed by atoms with E-state index in [1.54, 1.807) is 6.08 Å². The Morgan fingerprint density at radius 3 is 2.87 bits per heavy atom. The van der Waals surface area contributed by atoms with Crippen LogP contribution in [-0.2, 0) is 14.2 Å². The minimum atomic E-state index is -0.752. The molecule has 0 amide bonds. The van der Waals surface area contributed by atoms with Crippen LogP contribution in [0.4, 0.5) is 0 Å². The lowest BCUT2D eigenvalue weighted by Crippen LogP contribution is -2.47. The summed E-state index contributed by atoms with van der Waals surface area (Å²) in [5, 5.41) is 18.9. The number of hydrogen-bond donors (Lipinski definition) is 2. The van der Waals surface area contributed by atoms with Gasteiger partial charge in [0.2, 0.25) is 0 Å². The van der Waals surface area contributed by atoms with Crippen LogP contribution >= 0.6 is 15.9 Å². The highest BCUT2D eigenvalue weighted by molar-refractivity contribution is 9.09. The Balaban J connectivity index is 2.21. The molecule has 0 aromatic rings. The predicted octanol–water partition coefficient (Wildman–Crippen LogP) is -0.241. The summed E-state index contributed by atoms with van der Waals surface area (Å²) < 4.78 is 15.8. The van der Waals surface area contributed by atoms with Gasteiger partial charge in [-0.2, -0.15) is 0 Å². The van der Waals surface area contributed by atoms with Gasteiger partial charge in [-0.15, -0.1) is 0 Å². The van der Waals surface area contributed by atoms with Gasteiger partial charge in [-0.1, -0.05) is 15.9 Å². The summed E-state index contributed by atoms with van der Waals surface area (Å²) >= 11 is 3.35. The van der Waals surface area contributed by atoms with E-state index in [-0.39, 0.29) is 37.2 Å². The van der Waals surface area contributed by atoms with E-state index in [4.69, 9.17) is 19.3 Å². The lowest BCUT2D eigenvalue weighted by molar-refractivity contribution is -0.0880. The average molecular weight is 281 g/mol. The van der Waals surface area contributed by atoms with Crippen LogP contribution in [0.5, 0.6) is 0 Å². The molecule has 5 nitrogen and oxygen atoms in total. The Morgan fingerprint density at radius 2 is 2.13 bits per heavy atom. The number of rotatable bonds is 1. The molecule has 2 aliphatic rings. The molecule has 15 heavy (non-hydrogen) atoms. The Labute approximate surface area is 95.8 Å². The number of alkyl halides is 1. The second kappa shape index (κ2) is 4.90. The van der Waals surface area contributed by atoms with Gasteiger partial charge in [0.15, 0.2) is 6.79 Å². The molecule has 0 radical (unpaired) electrons. The standard InChI is InChI=1S/C9H13BrO5/c10-7-8(12)5(2-11)1-6-9(7)15-4-13-3-14-6/h1,6-9,11-12H,2-4H2/t6-,7-,8+,9+/m1/s1. The van der Waals surface area contributed by atoms with Crippen molar-refractivity contribution in [1.29, 1.82) is 0 Å². The molecule has 1 aliphatic heterocycles. The second-order valence-corrected chi connectivity index (χ2v) is 4.55. The van der Waals surface area contributed by atoms with Crippen molar-refractivity contribution in [2.45, 2.75) is 23.1 Å². The average Bonchev–Trinajstić information content (AvgIpc) is 2.48. The molecule has 0 spiro atoms. The Hall–Kier alpha value is 0.0200. The first-order chi connectivity index (χ1) is 7.24. The van der Waals surface area contributed by atoms with E-state index in [2.05, 4.69) is 15.9 Å². The first-order valence-corrected chi connectivity index (χ1v) is 5.60. The number of ether oxygens (including phenoxy) is 3. The van der Waals surface area contributed by atoms with Crippen LogP contribution in [0, 0.1) is 0 Å². The van der Waals surface area contributed by atoms with Crippen molar-refractivity contribution in [2.75, 3.05) is 20.2 Å². The highest BCUT2D eigenvalue weighted by Crippen LogP contribution is 2.30. The number of aliphatic hydroxyl groups is 2. The largest absolute Gasteiger partial charge is 0.392 e. The number of hydrogen-bond acceptors (Lipinski definition) is 5. The fourth-order valence-corrected chi connectivity index (χ4v) is 2.53. The molecule has 0 aromatic heterocycles. The first-order valence-electron chi connectivity index (χ1n) is 4.68. The SMILES string of the molecule is OCC1=C[C@H]2OCOCO[C@@H]2[C@H](Br)[C@H]1O. The van der Waals surface area contributed by atoms with Crippen molar-refractivity contribution in [3.63, 3.8) is 0 Å². The smallest absolute Gasteiger partial charge is 0.150 e. The molecular formula is C9H13BrO5. The lowest BCUT2D eigenvalue weighted by atomic mass is 9.92. The van der Waals surface area contributed by atoms with Crippen molar-refractivity contribution >= 4 is 15.9 Å². The molecule has 2 N–H and O–H groups in total. The van der Waals surface area contributed by atoms with E-state index in [1.165, 1.54) is 0 Å². The highest BCUT2D eigenvalue weighted by atomic mass is 79.9. The normalized spacial score (nSPS) is 41.7. The van der Waals surface area contributed by atoms with Gasteiger partial charge in [-0.25, -0.2) is 0 Å². The topological polar surface area (TPSA) is 68.2 Å². The third kappa shape index (κ3) is 2.25. The molecule has 0 bridgehead atoms. The monoisotopic (exact) mass is 280 g/mol. The van der Waals surface area contributed by atoms with Crippen molar-refractivity contribution in [1.82, 2.24) is 0 Å². The van der Waals surface area contributed by atoms with Crippen LogP contribution in [0.25, 0.3) is 0 Å². The Kier molecular flexibility index (Phi) is 3.76. The van der Waals surface area contributed by atoms with E-state index in [1.807, 2.05) is 0 Å². The second-order valence-electron chi connectivity index (χ2n) is 3.49. The van der Waals surface area contributed by atoms with Gasteiger partial charge in [0.05, 0.1) is 17.5 Å². The molecule has 6 heteroatoms. The zero-order valence-electron chi connectivity index (χ0n) is 8.01. The fraction of sp³-hybridized carbons (Fsp3) is 0.778. The molecule has 4 atom stereocenters. The maximum absolute atomic E-state index is 9.82. The van der Waals surface area contributed by atoms with Crippen molar-refractivity contribution in [3.8, 4) is 0 Å². The summed E-state index contributed by atoms with van der Waals surface area (Å²) in [6.45, 7) is 0.126. The molecule has 1 heterocycles. The quantitative estimate of drug-likeness (QED) is 0.513. The summed E-state index contributed by atoms with van der Waals surface area (Å²) in [6, 6.07) is 0. The van der Waals surface area contributed by atoms with E-state index in [0.717, 1.165) is 0 Å². The molecule has 0 saturated carbocycles. The van der Waals surface area contributed by atoms with Crippen LogP contribution in [-0.4, -0.2) is 53.5 Å². The summed E-state index contributed by atoms with van der Waals surface area (Å²) in [5.74, 6) is 0. The van der Waals surface area contributed by atoms with Crippen LogP contribution in [0.2, 0.25) is 0 Å². The molecule has 2 rings (SSSR count). The Bertz CT molecular complexity index is 257. The minimum absolute atomic E-state index is 0.151. The highest BCUT2D eigenvalue weighted by Gasteiger charge is 2.40. The molecule has 86 valence electrons. The summed E-state index contributed by atoms with van der Waals surface area (Å²) in [6.07, 6.45) is 0.361. The maximum Gasteiger partial charge on any atom is 0.150 e. The van der Waals surface area contributed by atoms with Crippen molar-refractivity contribution in [3.05, 3.63) is 11.6 Å². The van der Waals surface area contributed by atoms with Crippen LogP contribution in [0.3, 0.4) is 0 Å². The number of halogens is 1. The molecule has 0 aromatic carbocycles. The van der Waals surface area contributed by atoms with Gasteiger partial charge in [0.25, 0.3) is 0 Å². The molecule has 1 aliphatic carbocycles. The van der Waals surface area contributed by atoms with Gasteiger partial charge in [0, 0.05) is 0 Å². The van der Waals surface area contributed by atoms with Gasteiger partial charge in [-0.05, 0) is 11.6 Å². The first kappa shape index (κ1) is 11.5.